The molecule has 0 aromatic rings. The average Bonchev–Trinajstić information content (AvgIpc) is 3.35. The van der Waals surface area contributed by atoms with Crippen LogP contribution in [-0.2, 0) is 43.0 Å². The lowest BCUT2D eigenvalue weighted by molar-refractivity contribution is -0.179. The Hall–Kier alpha value is -1.82. The number of hydroxylamine groups is 2. The van der Waals surface area contributed by atoms with E-state index in [4.69, 9.17) is 14.2 Å². The van der Waals surface area contributed by atoms with E-state index in [1.54, 1.807) is 19.3 Å². The Kier molecular flexibility index (Phi) is 7.14. The van der Waals surface area contributed by atoms with Gasteiger partial charge in [0.15, 0.2) is 0 Å². The van der Waals surface area contributed by atoms with Crippen LogP contribution in [0.25, 0.3) is 0 Å². The topological polar surface area (TPSA) is 126 Å². The van der Waals surface area contributed by atoms with Crippen molar-refractivity contribution < 1.29 is 41.3 Å². The molecule has 0 aromatic heterocycles. The smallest absolute Gasteiger partial charge is 0.303 e. The van der Waals surface area contributed by atoms with Gasteiger partial charge in [-0.05, 0) is 38.5 Å². The molecule has 2 amide bonds. The number of hydrogen-bond donors (Lipinski definition) is 0. The van der Waals surface area contributed by atoms with Crippen molar-refractivity contribution >= 4 is 27.9 Å². The number of carbonyl (C=O) groups is 3. The van der Waals surface area contributed by atoms with Crippen LogP contribution in [0.4, 0.5) is 0 Å². The fraction of sp³-hybridized carbons (Fsp3) is 0.762. The van der Waals surface area contributed by atoms with Crippen LogP contribution in [0.15, 0.2) is 12.2 Å². The van der Waals surface area contributed by atoms with Crippen LogP contribution in [0.5, 0.6) is 0 Å². The van der Waals surface area contributed by atoms with Gasteiger partial charge in [-0.15, -0.1) is 9.35 Å². The number of rotatable bonds is 5. The lowest BCUT2D eigenvalue weighted by atomic mass is 9.83. The number of imide groups is 1. The number of nitrogens with zero attached hydrogens (tertiary/aromatic N) is 1. The van der Waals surface area contributed by atoms with E-state index < -0.39 is 39.9 Å². The molecule has 1 saturated heterocycles. The van der Waals surface area contributed by atoms with Gasteiger partial charge < -0.3 is 14.2 Å². The number of carbonyl (C=O) groups excluding carboxylic acids is 3. The van der Waals surface area contributed by atoms with Crippen LogP contribution in [0.1, 0.15) is 39.5 Å². The predicted octanol–water partition coefficient (Wildman–Crippen LogP) is 1.21. The van der Waals surface area contributed by atoms with Crippen LogP contribution >= 0.6 is 0 Å². The molecule has 180 valence electrons. The van der Waals surface area contributed by atoms with E-state index in [9.17, 15) is 22.8 Å². The Morgan fingerprint density at radius 2 is 1.84 bits per heavy atom. The van der Waals surface area contributed by atoms with Gasteiger partial charge in [0.25, 0.3) is 21.9 Å². The minimum Gasteiger partial charge on any atom is -0.456 e. The molecular weight excluding hydrogens is 442 g/mol. The van der Waals surface area contributed by atoms with Crippen molar-refractivity contribution in [2.75, 3.05) is 20.5 Å². The van der Waals surface area contributed by atoms with Gasteiger partial charge in [-0.25, -0.2) is 0 Å². The highest BCUT2D eigenvalue weighted by molar-refractivity contribution is 7.85. The molecule has 7 atom stereocenters. The summed E-state index contributed by atoms with van der Waals surface area (Å²) in [5, 5.41) is 0.337. The fourth-order valence-electron chi connectivity index (χ4n) is 5.64. The minimum absolute atomic E-state index is 0.102. The molecule has 11 heteroatoms. The molecule has 10 nitrogen and oxygen atoms in total. The first kappa shape index (κ1) is 24.8. The molecule has 4 aliphatic rings. The number of amides is 2. The first-order valence-corrected chi connectivity index (χ1v) is 12.4. The third-order valence-corrected chi connectivity index (χ3v) is 7.30. The lowest BCUT2D eigenvalue weighted by Crippen LogP contribution is -2.48. The maximum absolute atomic E-state index is 12.0. The Balaban J connectivity index is 0.000000186. The van der Waals surface area contributed by atoms with Crippen LogP contribution in [-0.4, -0.2) is 69.5 Å². The summed E-state index contributed by atoms with van der Waals surface area (Å²) in [7, 11) is -0.776. The van der Waals surface area contributed by atoms with Crippen molar-refractivity contribution in [3.05, 3.63) is 12.2 Å². The van der Waals surface area contributed by atoms with E-state index in [0.717, 1.165) is 12.7 Å². The number of allylic oxidation sites excluding steroid dienone is 1. The van der Waals surface area contributed by atoms with Crippen molar-refractivity contribution in [3.8, 4) is 0 Å². The number of esters is 1. The van der Waals surface area contributed by atoms with E-state index in [1.165, 1.54) is 26.9 Å². The molecule has 1 aliphatic heterocycles. The molecule has 2 saturated carbocycles. The molecule has 0 spiro atoms. The average molecular weight is 474 g/mol. The van der Waals surface area contributed by atoms with Crippen molar-refractivity contribution in [2.45, 2.75) is 57.3 Å². The number of hydrogen-bond acceptors (Lipinski definition) is 9. The molecule has 7 unspecified atom stereocenters. The van der Waals surface area contributed by atoms with Crippen molar-refractivity contribution in [2.24, 2.45) is 23.7 Å². The largest absolute Gasteiger partial charge is 0.456 e. The molecule has 0 radical (unpaired) electrons. The number of ether oxygens (including phenoxy) is 3. The van der Waals surface area contributed by atoms with Gasteiger partial charge in [0.1, 0.15) is 5.60 Å². The monoisotopic (exact) mass is 473 g/mol. The quantitative estimate of drug-likeness (QED) is 0.329. The summed E-state index contributed by atoms with van der Waals surface area (Å²) in [5.41, 5.74) is -0.372. The molecule has 32 heavy (non-hydrogen) atoms. The highest BCUT2D eigenvalue weighted by Gasteiger charge is 2.58. The zero-order chi connectivity index (χ0) is 23.8. The summed E-state index contributed by atoms with van der Waals surface area (Å²) < 4.78 is 42.5. The highest BCUT2D eigenvalue weighted by atomic mass is 32.2. The van der Waals surface area contributed by atoms with Gasteiger partial charge in [0.2, 0.25) is 0 Å². The summed E-state index contributed by atoms with van der Waals surface area (Å²) in [4.78, 5) is 35.0. The van der Waals surface area contributed by atoms with Gasteiger partial charge in [0.05, 0.1) is 30.3 Å². The molecule has 3 aliphatic carbocycles. The zero-order valence-electron chi connectivity index (χ0n) is 19.0. The van der Waals surface area contributed by atoms with E-state index in [2.05, 4.69) is 4.28 Å². The Labute approximate surface area is 188 Å². The number of methoxy groups -OCH3 is 2. The second-order valence-electron chi connectivity index (χ2n) is 8.95. The van der Waals surface area contributed by atoms with Crippen LogP contribution in [0, 0.1) is 23.7 Å². The zero-order valence-corrected chi connectivity index (χ0v) is 19.8. The second kappa shape index (κ2) is 9.20. The SMILES string of the molecule is COC1C2CCC(C2)C1(C)OC(C)=O.COC1C=CCC2C(=O)N(OS(C)(=O)=O)C(=O)C12. The van der Waals surface area contributed by atoms with Gasteiger partial charge in [-0.2, -0.15) is 8.42 Å². The van der Waals surface area contributed by atoms with Crippen molar-refractivity contribution in [1.29, 1.82) is 0 Å². The third kappa shape index (κ3) is 4.61. The predicted molar refractivity (Wildman–Crippen MR) is 111 cm³/mol. The third-order valence-electron chi connectivity index (χ3n) is 6.88. The standard InChI is InChI=1S/C11H18O3.C10H13NO6S/c1-7(12)14-11(2)9-5-4-8(6-9)10(11)13-3;1-16-7-5-3-4-6-8(7)10(13)11(9(6)12)17-18(2,14)15/h8-10H,4-6H2,1-3H3;3,5-8H,4H2,1-2H3. The summed E-state index contributed by atoms with van der Waals surface area (Å²) >= 11 is 0. The molecular formula is C21H31NO9S. The van der Waals surface area contributed by atoms with Crippen LogP contribution in [0.3, 0.4) is 0 Å². The van der Waals surface area contributed by atoms with E-state index in [1.807, 2.05) is 6.92 Å². The second-order valence-corrected chi connectivity index (χ2v) is 10.5. The van der Waals surface area contributed by atoms with Crippen LogP contribution < -0.4 is 0 Å². The Bertz CT molecular complexity index is 901. The van der Waals surface area contributed by atoms with Crippen molar-refractivity contribution in [1.82, 2.24) is 5.06 Å². The Morgan fingerprint density at radius 1 is 1.16 bits per heavy atom. The summed E-state index contributed by atoms with van der Waals surface area (Å²) in [6, 6.07) is 0. The first-order chi connectivity index (χ1) is 14.9. The maximum Gasteiger partial charge on any atom is 0.303 e. The van der Waals surface area contributed by atoms with Crippen LogP contribution in [0.2, 0.25) is 0 Å². The van der Waals surface area contributed by atoms with Gasteiger partial charge >= 0.3 is 5.97 Å². The Morgan fingerprint density at radius 3 is 2.41 bits per heavy atom. The van der Waals surface area contributed by atoms with E-state index in [-0.39, 0.29) is 17.7 Å². The fourth-order valence-corrected chi connectivity index (χ4v) is 6.06. The minimum atomic E-state index is -3.92. The molecule has 1 heterocycles. The highest BCUT2D eigenvalue weighted by Crippen LogP contribution is 2.53. The van der Waals surface area contributed by atoms with E-state index >= 15 is 0 Å². The van der Waals surface area contributed by atoms with E-state index in [0.29, 0.717) is 23.3 Å². The summed E-state index contributed by atoms with van der Waals surface area (Å²) in [5.74, 6) is -1.74. The van der Waals surface area contributed by atoms with Gasteiger partial charge in [-0.3, -0.25) is 14.4 Å². The molecule has 4 rings (SSSR count). The number of fused-ring (bicyclic) bond motifs is 3. The normalized spacial score (nSPS) is 37.8. The molecule has 2 bridgehead atoms. The van der Waals surface area contributed by atoms with Gasteiger partial charge in [-0.1, -0.05) is 12.2 Å². The summed E-state index contributed by atoms with van der Waals surface area (Å²) in [6.07, 6.45) is 7.70. The summed E-state index contributed by atoms with van der Waals surface area (Å²) in [6.45, 7) is 3.50. The first-order valence-electron chi connectivity index (χ1n) is 10.6. The molecule has 0 aromatic carbocycles. The molecule has 3 fully saturated rings. The lowest BCUT2D eigenvalue weighted by Gasteiger charge is -2.39. The van der Waals surface area contributed by atoms with Gasteiger partial charge in [0, 0.05) is 27.1 Å². The van der Waals surface area contributed by atoms with Crippen molar-refractivity contribution in [3.63, 3.8) is 0 Å². The molecule has 0 N–H and O–H groups in total. The maximum atomic E-state index is 12.0.